The molecule has 0 spiro atoms. The van der Waals surface area contributed by atoms with Crippen molar-refractivity contribution in [3.8, 4) is 5.69 Å². The van der Waals surface area contributed by atoms with Crippen molar-refractivity contribution in [2.75, 3.05) is 0 Å². The normalized spacial score (nSPS) is 16.0. The minimum absolute atomic E-state index is 0.0399. The van der Waals surface area contributed by atoms with Gasteiger partial charge in [-0.15, -0.1) is 0 Å². The Balaban J connectivity index is 1.61. The summed E-state index contributed by atoms with van der Waals surface area (Å²) in [5.41, 5.74) is 1.91. The molecule has 0 radical (unpaired) electrons. The van der Waals surface area contributed by atoms with E-state index in [0.29, 0.717) is 5.92 Å². The summed E-state index contributed by atoms with van der Waals surface area (Å²) in [6, 6.07) is 10.2. The lowest BCUT2D eigenvalue weighted by Gasteiger charge is -2.09. The molecule has 1 amide bonds. The highest BCUT2D eigenvalue weighted by molar-refractivity contribution is 5.91. The van der Waals surface area contributed by atoms with Crippen LogP contribution < -0.4 is 5.32 Å². The summed E-state index contributed by atoms with van der Waals surface area (Å²) >= 11 is 0. The number of nitrogens with zero attached hydrogens (tertiary/aromatic N) is 2. The van der Waals surface area contributed by atoms with Gasteiger partial charge in [0.15, 0.2) is 0 Å². The first-order valence-corrected chi connectivity index (χ1v) is 7.31. The molecule has 4 nitrogen and oxygen atoms in total. The Labute approximate surface area is 124 Å². The zero-order chi connectivity index (χ0) is 14.7. The van der Waals surface area contributed by atoms with Crippen molar-refractivity contribution < 1.29 is 4.79 Å². The van der Waals surface area contributed by atoms with E-state index in [2.05, 4.69) is 17.3 Å². The molecule has 1 atom stereocenters. The van der Waals surface area contributed by atoms with Gasteiger partial charge in [0.1, 0.15) is 0 Å². The topological polar surface area (TPSA) is 46.9 Å². The van der Waals surface area contributed by atoms with Gasteiger partial charge in [0.05, 0.1) is 11.9 Å². The molecule has 1 aliphatic rings. The van der Waals surface area contributed by atoms with Crippen molar-refractivity contribution in [3.05, 3.63) is 54.4 Å². The lowest BCUT2D eigenvalue weighted by atomic mass is 10.2. The van der Waals surface area contributed by atoms with Crippen molar-refractivity contribution >= 4 is 12.0 Å². The monoisotopic (exact) mass is 281 g/mol. The molecule has 1 N–H and O–H groups in total. The first kappa shape index (κ1) is 13.6. The van der Waals surface area contributed by atoms with E-state index < -0.39 is 0 Å². The van der Waals surface area contributed by atoms with Crippen LogP contribution in [0.4, 0.5) is 0 Å². The second-order valence-electron chi connectivity index (χ2n) is 5.52. The Kier molecular flexibility index (Phi) is 3.86. The van der Waals surface area contributed by atoms with Gasteiger partial charge in [-0.1, -0.05) is 18.2 Å². The van der Waals surface area contributed by atoms with Crippen LogP contribution in [0.2, 0.25) is 0 Å². The molecule has 1 aromatic heterocycles. The van der Waals surface area contributed by atoms with Gasteiger partial charge in [0.25, 0.3) is 0 Å². The summed E-state index contributed by atoms with van der Waals surface area (Å²) in [5.74, 6) is 0.630. The quantitative estimate of drug-likeness (QED) is 0.857. The maximum absolute atomic E-state index is 11.8. The smallest absolute Gasteiger partial charge is 0.244 e. The Bertz CT molecular complexity index is 641. The molecule has 1 fully saturated rings. The van der Waals surface area contributed by atoms with Crippen molar-refractivity contribution in [1.82, 2.24) is 15.1 Å². The van der Waals surface area contributed by atoms with Crippen LogP contribution in [0.25, 0.3) is 11.8 Å². The summed E-state index contributed by atoms with van der Waals surface area (Å²) < 4.78 is 1.80. The van der Waals surface area contributed by atoms with E-state index >= 15 is 0 Å². The number of para-hydroxylation sites is 1. The molecule has 1 aliphatic carbocycles. The number of carbonyl (C=O) groups is 1. The fourth-order valence-corrected chi connectivity index (χ4v) is 2.30. The van der Waals surface area contributed by atoms with Crippen LogP contribution in [0.15, 0.2) is 48.8 Å². The fraction of sp³-hybridized carbons (Fsp3) is 0.294. The first-order valence-electron chi connectivity index (χ1n) is 7.31. The molecule has 0 bridgehead atoms. The van der Waals surface area contributed by atoms with Crippen LogP contribution >= 0.6 is 0 Å². The number of hydrogen-bond donors (Lipinski definition) is 1. The van der Waals surface area contributed by atoms with Gasteiger partial charge in [0, 0.05) is 23.9 Å². The summed E-state index contributed by atoms with van der Waals surface area (Å²) in [4.78, 5) is 11.8. The molecule has 1 unspecified atom stereocenters. The Hall–Kier alpha value is -2.36. The van der Waals surface area contributed by atoms with E-state index in [0.717, 1.165) is 11.3 Å². The first-order chi connectivity index (χ1) is 10.2. The highest BCUT2D eigenvalue weighted by atomic mass is 16.1. The van der Waals surface area contributed by atoms with Crippen LogP contribution in [0.1, 0.15) is 25.3 Å². The van der Waals surface area contributed by atoms with Crippen molar-refractivity contribution in [2.45, 2.75) is 25.8 Å². The molecule has 21 heavy (non-hydrogen) atoms. The lowest BCUT2D eigenvalue weighted by molar-refractivity contribution is -0.117. The van der Waals surface area contributed by atoms with Gasteiger partial charge >= 0.3 is 0 Å². The van der Waals surface area contributed by atoms with Crippen LogP contribution in [-0.4, -0.2) is 21.7 Å². The summed E-state index contributed by atoms with van der Waals surface area (Å²) in [7, 11) is 0. The minimum atomic E-state index is -0.0399. The highest BCUT2D eigenvalue weighted by Crippen LogP contribution is 2.32. The van der Waals surface area contributed by atoms with Crippen molar-refractivity contribution in [1.29, 1.82) is 0 Å². The number of carbonyl (C=O) groups excluding carboxylic acids is 1. The molecule has 0 aliphatic heterocycles. The second-order valence-corrected chi connectivity index (χ2v) is 5.52. The van der Waals surface area contributed by atoms with E-state index in [9.17, 15) is 4.79 Å². The van der Waals surface area contributed by atoms with E-state index in [4.69, 9.17) is 0 Å². The van der Waals surface area contributed by atoms with Crippen LogP contribution in [0, 0.1) is 5.92 Å². The average molecular weight is 281 g/mol. The molecule has 2 aromatic rings. The van der Waals surface area contributed by atoms with E-state index in [1.54, 1.807) is 23.0 Å². The zero-order valence-corrected chi connectivity index (χ0v) is 12.1. The SMILES string of the molecule is CC(NC(=O)/C=C/c1cnn(-c2ccccc2)c1)C1CC1. The molecule has 108 valence electrons. The van der Waals surface area contributed by atoms with E-state index in [1.807, 2.05) is 36.5 Å². The largest absolute Gasteiger partial charge is 0.350 e. The number of aromatic nitrogens is 2. The molecule has 0 saturated heterocycles. The summed E-state index contributed by atoms with van der Waals surface area (Å²) in [5, 5.41) is 7.29. The summed E-state index contributed by atoms with van der Waals surface area (Å²) in [6.45, 7) is 2.07. The van der Waals surface area contributed by atoms with Crippen molar-refractivity contribution in [3.63, 3.8) is 0 Å². The molecule has 1 saturated carbocycles. The number of rotatable bonds is 5. The average Bonchev–Trinajstić information content (AvgIpc) is 3.25. The highest BCUT2D eigenvalue weighted by Gasteiger charge is 2.28. The van der Waals surface area contributed by atoms with Gasteiger partial charge in [-0.25, -0.2) is 4.68 Å². The Morgan fingerprint density at radius 1 is 1.38 bits per heavy atom. The summed E-state index contributed by atoms with van der Waals surface area (Å²) in [6.07, 6.45) is 9.49. The Morgan fingerprint density at radius 2 is 2.14 bits per heavy atom. The number of hydrogen-bond acceptors (Lipinski definition) is 2. The van der Waals surface area contributed by atoms with Gasteiger partial charge < -0.3 is 5.32 Å². The van der Waals surface area contributed by atoms with Gasteiger partial charge in [-0.3, -0.25) is 4.79 Å². The minimum Gasteiger partial charge on any atom is -0.350 e. The van der Waals surface area contributed by atoms with Crippen LogP contribution in [0.5, 0.6) is 0 Å². The van der Waals surface area contributed by atoms with Crippen molar-refractivity contribution in [2.24, 2.45) is 5.92 Å². The number of benzene rings is 1. The fourth-order valence-electron chi connectivity index (χ4n) is 2.30. The number of nitrogens with one attached hydrogen (secondary N) is 1. The third-order valence-corrected chi connectivity index (χ3v) is 3.75. The Morgan fingerprint density at radius 3 is 2.86 bits per heavy atom. The molecule has 4 heteroatoms. The van der Waals surface area contributed by atoms with Gasteiger partial charge in [-0.05, 0) is 43.9 Å². The van der Waals surface area contributed by atoms with Crippen LogP contribution in [0.3, 0.4) is 0 Å². The molecule has 3 rings (SSSR count). The van der Waals surface area contributed by atoms with Crippen LogP contribution in [-0.2, 0) is 4.79 Å². The van der Waals surface area contributed by atoms with Gasteiger partial charge in [0.2, 0.25) is 5.91 Å². The van der Waals surface area contributed by atoms with E-state index in [-0.39, 0.29) is 11.9 Å². The molecular weight excluding hydrogens is 262 g/mol. The maximum Gasteiger partial charge on any atom is 0.244 e. The lowest BCUT2D eigenvalue weighted by Crippen LogP contribution is -2.32. The predicted octanol–water partition coefficient (Wildman–Crippen LogP) is 2.80. The molecule has 1 aromatic carbocycles. The molecule has 1 heterocycles. The molecular formula is C17H19N3O. The van der Waals surface area contributed by atoms with Gasteiger partial charge in [-0.2, -0.15) is 5.10 Å². The standard InChI is InChI=1S/C17H19N3O/c1-13(15-8-9-15)19-17(21)10-7-14-11-18-20(12-14)16-5-3-2-4-6-16/h2-7,10-13,15H,8-9H2,1H3,(H,19,21)/b10-7+. The third-order valence-electron chi connectivity index (χ3n) is 3.75. The number of amides is 1. The second kappa shape index (κ2) is 5.95. The zero-order valence-electron chi connectivity index (χ0n) is 12.1. The maximum atomic E-state index is 11.8. The predicted molar refractivity (Wildman–Crippen MR) is 82.9 cm³/mol. The third kappa shape index (κ3) is 3.60. The van der Waals surface area contributed by atoms with E-state index in [1.165, 1.54) is 12.8 Å².